The highest BCUT2D eigenvalue weighted by Gasteiger charge is 2.19. The zero-order valence-corrected chi connectivity index (χ0v) is 13.9. The molecule has 1 aromatic heterocycles. The number of aromatic nitrogens is 2. The Kier molecular flexibility index (Phi) is 6.27. The molecular formula is C17H21N5O3. The molecular weight excluding hydrogens is 322 g/mol. The molecule has 8 nitrogen and oxygen atoms in total. The number of benzene rings is 1. The van der Waals surface area contributed by atoms with Crippen LogP contribution < -0.4 is 21.5 Å². The molecule has 1 aromatic carbocycles. The lowest BCUT2D eigenvalue weighted by molar-refractivity contribution is -0.121. The second-order valence-corrected chi connectivity index (χ2v) is 5.38. The quantitative estimate of drug-likeness (QED) is 0.640. The minimum atomic E-state index is -0.556. The van der Waals surface area contributed by atoms with Gasteiger partial charge in [0.25, 0.3) is 5.91 Å². The molecule has 8 heteroatoms. The van der Waals surface area contributed by atoms with E-state index in [9.17, 15) is 9.59 Å². The molecule has 0 unspecified atom stereocenters. The van der Waals surface area contributed by atoms with E-state index in [4.69, 9.17) is 16.2 Å². The zero-order chi connectivity index (χ0) is 18.2. The third-order valence-corrected chi connectivity index (χ3v) is 3.57. The number of nitrogen functional groups attached to an aromatic ring is 1. The number of amides is 2. The summed E-state index contributed by atoms with van der Waals surface area (Å²) < 4.78 is 5.38. The van der Waals surface area contributed by atoms with Crippen LogP contribution in [-0.2, 0) is 11.2 Å². The molecule has 0 bridgehead atoms. The van der Waals surface area contributed by atoms with Crippen molar-refractivity contribution in [3.05, 3.63) is 47.9 Å². The van der Waals surface area contributed by atoms with Gasteiger partial charge in [0.1, 0.15) is 5.75 Å². The molecule has 25 heavy (non-hydrogen) atoms. The first-order chi connectivity index (χ1) is 12.0. The van der Waals surface area contributed by atoms with E-state index in [1.165, 1.54) is 12.4 Å². The van der Waals surface area contributed by atoms with Crippen LogP contribution in [0.4, 0.5) is 5.82 Å². The Morgan fingerprint density at radius 1 is 1.20 bits per heavy atom. The van der Waals surface area contributed by atoms with Crippen LogP contribution in [0.3, 0.4) is 0 Å². The van der Waals surface area contributed by atoms with E-state index in [0.717, 1.165) is 11.3 Å². The highest BCUT2D eigenvalue weighted by atomic mass is 16.5. The van der Waals surface area contributed by atoms with Gasteiger partial charge < -0.3 is 21.5 Å². The van der Waals surface area contributed by atoms with Gasteiger partial charge in [0.15, 0.2) is 11.5 Å². The number of primary amides is 1. The maximum Gasteiger partial charge on any atom is 0.273 e. The summed E-state index contributed by atoms with van der Waals surface area (Å²) in [5.41, 5.74) is 12.0. The number of rotatable bonds is 8. The number of hydrogen-bond acceptors (Lipinski definition) is 6. The standard InChI is InChI=1S/C17H21N5O3/c1-2-25-13-5-3-11(4-6-13)9-12(16(19)23)10-22-17(24)14-15(18)21-8-7-20-14/h3-8,12H,2,9-10H2,1H3,(H2,18,21)(H2,19,23)(H,22,24)/t12-/m1/s1. The van der Waals surface area contributed by atoms with E-state index in [-0.39, 0.29) is 18.1 Å². The summed E-state index contributed by atoms with van der Waals surface area (Å²) in [7, 11) is 0. The predicted molar refractivity (Wildman–Crippen MR) is 92.8 cm³/mol. The number of carbonyl (C=O) groups excluding carboxylic acids is 2. The van der Waals surface area contributed by atoms with E-state index < -0.39 is 17.7 Å². The highest BCUT2D eigenvalue weighted by Crippen LogP contribution is 2.15. The van der Waals surface area contributed by atoms with Gasteiger partial charge in [-0.2, -0.15) is 0 Å². The van der Waals surface area contributed by atoms with Crippen molar-refractivity contribution < 1.29 is 14.3 Å². The SMILES string of the molecule is CCOc1ccc(C[C@H](CNC(=O)c2nccnc2N)C(N)=O)cc1. The molecule has 0 saturated heterocycles. The summed E-state index contributed by atoms with van der Waals surface area (Å²) >= 11 is 0. The Morgan fingerprint density at radius 2 is 1.88 bits per heavy atom. The average Bonchev–Trinajstić information content (AvgIpc) is 2.60. The molecule has 2 aromatic rings. The van der Waals surface area contributed by atoms with E-state index in [1.54, 1.807) is 0 Å². The van der Waals surface area contributed by atoms with Gasteiger partial charge in [-0.1, -0.05) is 12.1 Å². The van der Waals surface area contributed by atoms with Crippen molar-refractivity contribution in [1.29, 1.82) is 0 Å². The smallest absolute Gasteiger partial charge is 0.273 e. The number of nitrogens with one attached hydrogen (secondary N) is 1. The molecule has 2 amide bonds. The molecule has 1 atom stereocenters. The average molecular weight is 343 g/mol. The van der Waals surface area contributed by atoms with Crippen molar-refractivity contribution in [2.75, 3.05) is 18.9 Å². The number of nitrogens with zero attached hydrogens (tertiary/aromatic N) is 2. The van der Waals surface area contributed by atoms with Crippen molar-refractivity contribution in [1.82, 2.24) is 15.3 Å². The largest absolute Gasteiger partial charge is 0.494 e. The third kappa shape index (κ3) is 5.17. The molecule has 0 spiro atoms. The minimum absolute atomic E-state index is 0.0202. The Balaban J connectivity index is 1.98. The lowest BCUT2D eigenvalue weighted by atomic mass is 9.98. The van der Waals surface area contributed by atoms with Crippen LogP contribution in [0.5, 0.6) is 5.75 Å². The van der Waals surface area contributed by atoms with Crippen LogP contribution in [0.25, 0.3) is 0 Å². The number of anilines is 1. The molecule has 0 aliphatic heterocycles. The molecule has 0 aliphatic carbocycles. The van der Waals surface area contributed by atoms with Gasteiger partial charge in [0, 0.05) is 18.9 Å². The second kappa shape index (κ2) is 8.62. The van der Waals surface area contributed by atoms with Crippen molar-refractivity contribution in [3.8, 4) is 5.75 Å². The first kappa shape index (κ1) is 18.2. The van der Waals surface area contributed by atoms with Crippen LogP contribution in [-0.4, -0.2) is 34.9 Å². The zero-order valence-electron chi connectivity index (χ0n) is 13.9. The second-order valence-electron chi connectivity index (χ2n) is 5.38. The predicted octanol–water partition coefficient (Wildman–Crippen LogP) is 0.532. The number of hydrogen-bond donors (Lipinski definition) is 3. The summed E-state index contributed by atoms with van der Waals surface area (Å²) in [5.74, 6) is -0.764. The molecule has 132 valence electrons. The normalized spacial score (nSPS) is 11.6. The maximum atomic E-state index is 12.1. The molecule has 0 radical (unpaired) electrons. The Labute approximate surface area is 145 Å². The van der Waals surface area contributed by atoms with Gasteiger partial charge in [-0.25, -0.2) is 9.97 Å². The van der Waals surface area contributed by atoms with Gasteiger partial charge in [0.2, 0.25) is 5.91 Å². The van der Waals surface area contributed by atoms with Crippen molar-refractivity contribution in [2.24, 2.45) is 11.7 Å². The fourth-order valence-corrected chi connectivity index (χ4v) is 2.27. The van der Waals surface area contributed by atoms with Gasteiger partial charge >= 0.3 is 0 Å². The van der Waals surface area contributed by atoms with Crippen LogP contribution in [0.1, 0.15) is 23.0 Å². The molecule has 2 rings (SSSR count). The van der Waals surface area contributed by atoms with E-state index in [2.05, 4.69) is 15.3 Å². The van der Waals surface area contributed by atoms with Gasteiger partial charge in [0.05, 0.1) is 12.5 Å². The van der Waals surface area contributed by atoms with E-state index in [0.29, 0.717) is 13.0 Å². The van der Waals surface area contributed by atoms with Crippen LogP contribution >= 0.6 is 0 Å². The molecule has 5 N–H and O–H groups in total. The number of ether oxygens (including phenoxy) is 1. The third-order valence-electron chi connectivity index (χ3n) is 3.57. The topological polar surface area (TPSA) is 133 Å². The maximum absolute atomic E-state index is 12.1. The van der Waals surface area contributed by atoms with Crippen LogP contribution in [0.15, 0.2) is 36.7 Å². The summed E-state index contributed by atoms with van der Waals surface area (Å²) in [6, 6.07) is 7.39. The van der Waals surface area contributed by atoms with Gasteiger partial charge in [-0.05, 0) is 31.0 Å². The molecule has 1 heterocycles. The van der Waals surface area contributed by atoms with Crippen molar-refractivity contribution >= 4 is 17.6 Å². The Morgan fingerprint density at radius 3 is 2.48 bits per heavy atom. The summed E-state index contributed by atoms with van der Waals surface area (Å²) in [4.78, 5) is 31.5. The Bertz CT molecular complexity index is 733. The van der Waals surface area contributed by atoms with Crippen LogP contribution in [0, 0.1) is 5.92 Å². The molecule has 0 saturated carbocycles. The van der Waals surface area contributed by atoms with E-state index in [1.807, 2.05) is 31.2 Å². The molecule has 0 fully saturated rings. The monoisotopic (exact) mass is 343 g/mol. The first-order valence-electron chi connectivity index (χ1n) is 7.87. The number of nitrogens with two attached hydrogens (primary N) is 2. The fourth-order valence-electron chi connectivity index (χ4n) is 2.27. The van der Waals surface area contributed by atoms with Gasteiger partial charge in [-0.3, -0.25) is 9.59 Å². The lowest BCUT2D eigenvalue weighted by Crippen LogP contribution is -2.37. The number of carbonyl (C=O) groups is 2. The van der Waals surface area contributed by atoms with Crippen molar-refractivity contribution in [3.63, 3.8) is 0 Å². The lowest BCUT2D eigenvalue weighted by Gasteiger charge is -2.15. The minimum Gasteiger partial charge on any atom is -0.494 e. The van der Waals surface area contributed by atoms with Crippen LogP contribution in [0.2, 0.25) is 0 Å². The first-order valence-corrected chi connectivity index (χ1v) is 7.87. The Hall–Kier alpha value is -3.16. The van der Waals surface area contributed by atoms with Crippen molar-refractivity contribution in [2.45, 2.75) is 13.3 Å². The molecule has 0 aliphatic rings. The van der Waals surface area contributed by atoms with Gasteiger partial charge in [-0.15, -0.1) is 0 Å². The highest BCUT2D eigenvalue weighted by molar-refractivity contribution is 5.96. The summed E-state index contributed by atoms with van der Waals surface area (Å²) in [6.07, 6.45) is 3.17. The van der Waals surface area contributed by atoms with E-state index >= 15 is 0 Å². The summed E-state index contributed by atoms with van der Waals surface area (Å²) in [5, 5.41) is 2.63. The fraction of sp³-hybridized carbons (Fsp3) is 0.294. The summed E-state index contributed by atoms with van der Waals surface area (Å²) in [6.45, 7) is 2.57.